The van der Waals surface area contributed by atoms with Crippen molar-refractivity contribution in [2.75, 3.05) is 39.9 Å². The number of carbonyl (C=O) groups is 1. The van der Waals surface area contributed by atoms with E-state index in [0.717, 1.165) is 36.8 Å². The lowest BCUT2D eigenvalue weighted by atomic mass is 9.95. The molecule has 4 rings (SSSR count). The summed E-state index contributed by atoms with van der Waals surface area (Å²) in [6.07, 6.45) is 3.22. The van der Waals surface area contributed by atoms with E-state index in [1.54, 1.807) is 7.11 Å². The van der Waals surface area contributed by atoms with E-state index < -0.39 is 0 Å². The van der Waals surface area contributed by atoms with Crippen LogP contribution in [0.1, 0.15) is 34.8 Å². The van der Waals surface area contributed by atoms with Gasteiger partial charge in [-0.3, -0.25) is 9.69 Å². The molecule has 1 amide bonds. The summed E-state index contributed by atoms with van der Waals surface area (Å²) >= 11 is 1.50. The number of tetrazole rings is 1. The molecule has 0 N–H and O–H groups in total. The Labute approximate surface area is 156 Å². The Morgan fingerprint density at radius 1 is 1.35 bits per heavy atom. The molecule has 8 nitrogen and oxygen atoms in total. The SMILES string of the molecule is COCCn1nnnc1C1(N2CCCC2)CCN(C(=O)c2cccs2)C1. The highest BCUT2D eigenvalue weighted by Gasteiger charge is 2.50. The van der Waals surface area contributed by atoms with E-state index in [-0.39, 0.29) is 11.4 Å². The molecular weight excluding hydrogens is 352 g/mol. The van der Waals surface area contributed by atoms with Crippen molar-refractivity contribution in [3.05, 3.63) is 28.2 Å². The first kappa shape index (κ1) is 17.6. The molecule has 2 saturated heterocycles. The van der Waals surface area contributed by atoms with Crippen LogP contribution in [0.15, 0.2) is 17.5 Å². The highest BCUT2D eigenvalue weighted by molar-refractivity contribution is 7.12. The summed E-state index contributed by atoms with van der Waals surface area (Å²) in [5, 5.41) is 14.5. The van der Waals surface area contributed by atoms with Gasteiger partial charge in [0.05, 0.1) is 18.0 Å². The van der Waals surface area contributed by atoms with E-state index in [0.29, 0.717) is 19.7 Å². The third-order valence-corrected chi connectivity index (χ3v) is 6.29. The first-order valence-electron chi connectivity index (χ1n) is 9.08. The van der Waals surface area contributed by atoms with Crippen LogP contribution in [-0.2, 0) is 16.8 Å². The van der Waals surface area contributed by atoms with Gasteiger partial charge in [0.15, 0.2) is 5.82 Å². The largest absolute Gasteiger partial charge is 0.383 e. The average Bonchev–Trinajstić information content (AvgIpc) is 3.45. The first-order chi connectivity index (χ1) is 12.7. The number of methoxy groups -OCH3 is 1. The van der Waals surface area contributed by atoms with Crippen molar-refractivity contribution in [2.45, 2.75) is 31.3 Å². The van der Waals surface area contributed by atoms with E-state index in [4.69, 9.17) is 4.74 Å². The predicted molar refractivity (Wildman–Crippen MR) is 97.0 cm³/mol. The number of aromatic nitrogens is 4. The zero-order valence-corrected chi connectivity index (χ0v) is 15.8. The van der Waals surface area contributed by atoms with Gasteiger partial charge in [-0.25, -0.2) is 4.68 Å². The average molecular weight is 376 g/mol. The van der Waals surface area contributed by atoms with Crippen LogP contribution in [0.4, 0.5) is 0 Å². The van der Waals surface area contributed by atoms with Gasteiger partial charge >= 0.3 is 0 Å². The van der Waals surface area contributed by atoms with Crippen molar-refractivity contribution in [2.24, 2.45) is 0 Å². The predicted octanol–water partition coefficient (Wildman–Crippen LogP) is 1.22. The number of carbonyl (C=O) groups excluding carboxylic acids is 1. The second-order valence-corrected chi connectivity index (χ2v) is 7.85. The molecule has 2 aliphatic heterocycles. The second-order valence-electron chi connectivity index (χ2n) is 6.90. The summed E-state index contributed by atoms with van der Waals surface area (Å²) in [4.78, 5) is 18.1. The number of hydrogen-bond donors (Lipinski definition) is 0. The number of ether oxygens (including phenoxy) is 1. The molecule has 2 aromatic rings. The zero-order valence-electron chi connectivity index (χ0n) is 15.0. The van der Waals surface area contributed by atoms with Crippen LogP contribution in [-0.4, -0.2) is 75.8 Å². The second kappa shape index (κ2) is 7.42. The molecule has 0 radical (unpaired) electrons. The fourth-order valence-corrected chi connectivity index (χ4v) is 4.81. The number of thiophene rings is 1. The van der Waals surface area contributed by atoms with Crippen LogP contribution in [0.2, 0.25) is 0 Å². The molecule has 26 heavy (non-hydrogen) atoms. The summed E-state index contributed by atoms with van der Waals surface area (Å²) in [6, 6.07) is 3.82. The van der Waals surface area contributed by atoms with Crippen LogP contribution < -0.4 is 0 Å². The molecule has 2 aromatic heterocycles. The molecule has 9 heteroatoms. The fraction of sp³-hybridized carbons (Fsp3) is 0.647. The Morgan fingerprint density at radius 2 is 2.19 bits per heavy atom. The van der Waals surface area contributed by atoms with Gasteiger partial charge in [-0.15, -0.1) is 16.4 Å². The molecule has 2 fully saturated rings. The van der Waals surface area contributed by atoms with Crippen LogP contribution in [0.25, 0.3) is 0 Å². The lowest BCUT2D eigenvalue weighted by Crippen LogP contribution is -2.49. The number of rotatable bonds is 6. The molecule has 0 bridgehead atoms. The standard InChI is InChI=1S/C17H24N6O2S/c1-25-11-10-23-16(18-19-20-23)17(22-7-2-3-8-22)6-9-21(13-17)15(24)14-5-4-12-26-14/h4-5,12H,2-3,6-11,13H2,1H3. The maximum atomic E-state index is 12.9. The lowest BCUT2D eigenvalue weighted by molar-refractivity contribution is 0.0702. The molecular formula is C17H24N6O2S. The summed E-state index contributed by atoms with van der Waals surface area (Å²) in [7, 11) is 1.68. The maximum absolute atomic E-state index is 12.9. The molecule has 1 atom stereocenters. The van der Waals surface area contributed by atoms with Gasteiger partial charge in [-0.1, -0.05) is 6.07 Å². The summed E-state index contributed by atoms with van der Waals surface area (Å²) in [6.45, 7) is 4.59. The number of nitrogens with zero attached hydrogens (tertiary/aromatic N) is 6. The van der Waals surface area contributed by atoms with E-state index in [1.807, 2.05) is 27.1 Å². The van der Waals surface area contributed by atoms with E-state index in [9.17, 15) is 4.79 Å². The monoisotopic (exact) mass is 376 g/mol. The van der Waals surface area contributed by atoms with Crippen molar-refractivity contribution in [1.29, 1.82) is 0 Å². The lowest BCUT2D eigenvalue weighted by Gasteiger charge is -2.37. The first-order valence-corrected chi connectivity index (χ1v) is 9.96. The zero-order chi connectivity index (χ0) is 18.0. The van der Waals surface area contributed by atoms with Crippen molar-refractivity contribution in [3.8, 4) is 0 Å². The molecule has 0 spiro atoms. The molecule has 0 aromatic carbocycles. The van der Waals surface area contributed by atoms with Gasteiger partial charge in [0, 0.05) is 20.2 Å². The topological polar surface area (TPSA) is 76.4 Å². The normalized spacial score (nSPS) is 23.8. The number of hydrogen-bond acceptors (Lipinski definition) is 7. The molecule has 2 aliphatic rings. The molecule has 1 unspecified atom stereocenters. The molecule has 0 saturated carbocycles. The highest BCUT2D eigenvalue weighted by atomic mass is 32.1. The van der Waals surface area contributed by atoms with Gasteiger partial charge in [0.1, 0.15) is 5.54 Å². The Balaban J connectivity index is 1.64. The number of likely N-dealkylation sites (tertiary alicyclic amines) is 2. The quantitative estimate of drug-likeness (QED) is 0.754. The summed E-state index contributed by atoms with van der Waals surface area (Å²) in [5.74, 6) is 0.968. The molecule has 4 heterocycles. The summed E-state index contributed by atoms with van der Waals surface area (Å²) < 4.78 is 7.05. The maximum Gasteiger partial charge on any atom is 0.263 e. The van der Waals surface area contributed by atoms with E-state index in [1.165, 1.54) is 24.2 Å². The van der Waals surface area contributed by atoms with E-state index >= 15 is 0 Å². The van der Waals surface area contributed by atoms with Gasteiger partial charge in [-0.2, -0.15) is 0 Å². The Bertz CT molecular complexity index is 742. The Kier molecular flexibility index (Phi) is 5.01. The van der Waals surface area contributed by atoms with Crippen molar-refractivity contribution in [3.63, 3.8) is 0 Å². The Hall–Kier alpha value is -1.84. The van der Waals surface area contributed by atoms with Gasteiger partial charge in [-0.05, 0) is 54.2 Å². The highest BCUT2D eigenvalue weighted by Crippen LogP contribution is 2.39. The third kappa shape index (κ3) is 3.04. The summed E-state index contributed by atoms with van der Waals surface area (Å²) in [5.41, 5.74) is -0.305. The molecule has 0 aliphatic carbocycles. The van der Waals surface area contributed by atoms with Crippen molar-refractivity contribution in [1.82, 2.24) is 30.0 Å². The van der Waals surface area contributed by atoms with Crippen LogP contribution in [0.5, 0.6) is 0 Å². The number of amides is 1. The van der Waals surface area contributed by atoms with Crippen LogP contribution >= 0.6 is 11.3 Å². The smallest absolute Gasteiger partial charge is 0.263 e. The minimum atomic E-state index is -0.305. The minimum Gasteiger partial charge on any atom is -0.383 e. The molecule has 140 valence electrons. The fourth-order valence-electron chi connectivity index (χ4n) is 4.12. The van der Waals surface area contributed by atoms with E-state index in [2.05, 4.69) is 20.4 Å². The van der Waals surface area contributed by atoms with Gasteiger partial charge < -0.3 is 9.64 Å². The Morgan fingerprint density at radius 3 is 2.92 bits per heavy atom. The van der Waals surface area contributed by atoms with Gasteiger partial charge in [0.2, 0.25) is 0 Å². The minimum absolute atomic E-state index is 0.108. The van der Waals surface area contributed by atoms with Crippen molar-refractivity contribution < 1.29 is 9.53 Å². The van der Waals surface area contributed by atoms with Crippen molar-refractivity contribution >= 4 is 17.2 Å². The van der Waals surface area contributed by atoms with Crippen LogP contribution in [0, 0.1) is 0 Å². The van der Waals surface area contributed by atoms with Gasteiger partial charge in [0.25, 0.3) is 5.91 Å². The third-order valence-electron chi connectivity index (χ3n) is 5.43. The van der Waals surface area contributed by atoms with Crippen LogP contribution in [0.3, 0.4) is 0 Å².